The molecule has 3 heterocycles. The normalized spacial score (nSPS) is 20.9. The molecule has 4 rings (SSSR count). The minimum Gasteiger partial charge on any atom is -0.324 e. The van der Waals surface area contributed by atoms with Gasteiger partial charge in [0.2, 0.25) is 0 Å². The quantitative estimate of drug-likeness (QED) is 0.720. The predicted molar refractivity (Wildman–Crippen MR) is 110 cm³/mol. The highest BCUT2D eigenvalue weighted by atomic mass is 15.4. The van der Waals surface area contributed by atoms with Crippen molar-refractivity contribution in [1.82, 2.24) is 19.5 Å². The van der Waals surface area contributed by atoms with Gasteiger partial charge >= 0.3 is 0 Å². The summed E-state index contributed by atoms with van der Waals surface area (Å²) >= 11 is 0. The molecule has 1 aromatic carbocycles. The first-order chi connectivity index (χ1) is 13.2. The van der Waals surface area contributed by atoms with Gasteiger partial charge in [-0.1, -0.05) is 25.1 Å². The number of aromatic nitrogens is 3. The Labute approximate surface area is 161 Å². The van der Waals surface area contributed by atoms with Gasteiger partial charge < -0.3 is 5.43 Å². The number of aryl methyl sites for hydroxylation is 1. The molecular weight excluding hydrogens is 334 g/mol. The first-order valence-corrected chi connectivity index (χ1v) is 10.1. The maximum atomic E-state index is 5.03. The molecule has 1 N–H and O–H groups in total. The number of likely N-dealkylation sites (tertiary alicyclic amines) is 1. The van der Waals surface area contributed by atoms with E-state index in [1.807, 2.05) is 12.3 Å². The van der Waals surface area contributed by atoms with Crippen LogP contribution in [0.1, 0.15) is 61.8 Å². The van der Waals surface area contributed by atoms with Gasteiger partial charge in [0.05, 0.1) is 28.8 Å². The van der Waals surface area contributed by atoms with Crippen LogP contribution in [0.5, 0.6) is 0 Å². The molecule has 3 aromatic rings. The SMILES string of the molecule is CCCNn1c([C@H]2CCC[C@@H](c3ncccc3C)N2C)nc2ccccc21. The second-order valence-corrected chi connectivity index (χ2v) is 7.54. The number of pyridine rings is 1. The zero-order valence-electron chi connectivity index (χ0n) is 16.5. The molecule has 0 aliphatic carbocycles. The molecule has 2 atom stereocenters. The van der Waals surface area contributed by atoms with Crippen LogP contribution in [-0.4, -0.2) is 33.1 Å². The minimum absolute atomic E-state index is 0.280. The fraction of sp³-hybridized carbons (Fsp3) is 0.455. The van der Waals surface area contributed by atoms with E-state index in [4.69, 9.17) is 9.97 Å². The Morgan fingerprint density at radius 2 is 1.93 bits per heavy atom. The second kappa shape index (κ2) is 7.69. The topological polar surface area (TPSA) is 46.0 Å². The van der Waals surface area contributed by atoms with E-state index in [-0.39, 0.29) is 6.04 Å². The molecule has 27 heavy (non-hydrogen) atoms. The number of nitrogens with zero attached hydrogens (tertiary/aromatic N) is 4. The van der Waals surface area contributed by atoms with Crippen LogP contribution < -0.4 is 5.43 Å². The Balaban J connectivity index is 1.73. The fourth-order valence-electron chi connectivity index (χ4n) is 4.27. The van der Waals surface area contributed by atoms with Crippen molar-refractivity contribution in [2.24, 2.45) is 0 Å². The van der Waals surface area contributed by atoms with Gasteiger partial charge in [-0.25, -0.2) is 9.66 Å². The van der Waals surface area contributed by atoms with Gasteiger partial charge in [0.1, 0.15) is 5.82 Å². The summed E-state index contributed by atoms with van der Waals surface area (Å²) in [6.45, 7) is 5.29. The summed E-state index contributed by atoms with van der Waals surface area (Å²) < 4.78 is 2.22. The molecule has 1 aliphatic rings. The molecule has 0 bridgehead atoms. The van der Waals surface area contributed by atoms with E-state index in [1.165, 1.54) is 17.7 Å². The Morgan fingerprint density at radius 1 is 1.11 bits per heavy atom. The van der Waals surface area contributed by atoms with E-state index in [0.29, 0.717) is 6.04 Å². The summed E-state index contributed by atoms with van der Waals surface area (Å²) in [6.07, 6.45) is 6.45. The van der Waals surface area contributed by atoms with Crippen molar-refractivity contribution < 1.29 is 0 Å². The van der Waals surface area contributed by atoms with Crippen LogP contribution in [0.15, 0.2) is 42.6 Å². The maximum absolute atomic E-state index is 5.03. The molecule has 0 radical (unpaired) electrons. The van der Waals surface area contributed by atoms with Crippen molar-refractivity contribution in [2.45, 2.75) is 51.6 Å². The molecule has 2 aromatic heterocycles. The molecule has 0 saturated carbocycles. The van der Waals surface area contributed by atoms with Crippen LogP contribution in [0.4, 0.5) is 0 Å². The Morgan fingerprint density at radius 3 is 2.74 bits per heavy atom. The molecule has 5 heteroatoms. The van der Waals surface area contributed by atoms with Crippen LogP contribution in [0.25, 0.3) is 11.0 Å². The van der Waals surface area contributed by atoms with E-state index in [0.717, 1.165) is 42.7 Å². The van der Waals surface area contributed by atoms with Gasteiger partial charge in [-0.05, 0) is 63.4 Å². The second-order valence-electron chi connectivity index (χ2n) is 7.54. The molecule has 1 aliphatic heterocycles. The van der Waals surface area contributed by atoms with Gasteiger partial charge in [-0.3, -0.25) is 9.88 Å². The number of hydrogen-bond acceptors (Lipinski definition) is 4. The summed E-state index contributed by atoms with van der Waals surface area (Å²) in [6, 6.07) is 13.2. The highest BCUT2D eigenvalue weighted by Crippen LogP contribution is 2.40. The molecule has 142 valence electrons. The highest BCUT2D eigenvalue weighted by Gasteiger charge is 2.34. The van der Waals surface area contributed by atoms with Gasteiger partial charge in [0.25, 0.3) is 0 Å². The molecule has 0 unspecified atom stereocenters. The summed E-state index contributed by atoms with van der Waals surface area (Å²) in [5, 5.41) is 0. The Hall–Kier alpha value is -2.40. The summed E-state index contributed by atoms with van der Waals surface area (Å²) in [4.78, 5) is 12.2. The van der Waals surface area contributed by atoms with Gasteiger partial charge in [0.15, 0.2) is 0 Å². The van der Waals surface area contributed by atoms with Crippen LogP contribution in [-0.2, 0) is 0 Å². The number of fused-ring (bicyclic) bond motifs is 1. The summed E-state index contributed by atoms with van der Waals surface area (Å²) in [7, 11) is 2.23. The molecule has 1 saturated heterocycles. The standard InChI is InChI=1S/C22H29N5/c1-4-14-24-27-18-11-6-5-10-17(18)25-22(27)20-13-7-12-19(26(20)3)21-16(2)9-8-15-23-21/h5-6,8-11,15,19-20,24H,4,7,12-14H2,1-3H3/t19-,20+/m0/s1. The van der Waals surface area contributed by atoms with Crippen LogP contribution in [0.2, 0.25) is 0 Å². The van der Waals surface area contributed by atoms with Crippen molar-refractivity contribution in [3.05, 3.63) is 59.7 Å². The summed E-state index contributed by atoms with van der Waals surface area (Å²) in [5.41, 5.74) is 8.27. The average molecular weight is 364 g/mol. The van der Waals surface area contributed by atoms with E-state index >= 15 is 0 Å². The third-order valence-corrected chi connectivity index (χ3v) is 5.71. The van der Waals surface area contributed by atoms with Crippen molar-refractivity contribution in [1.29, 1.82) is 0 Å². The number of nitrogens with one attached hydrogen (secondary N) is 1. The Kier molecular flexibility index (Phi) is 5.12. The number of hydrogen-bond donors (Lipinski definition) is 1. The van der Waals surface area contributed by atoms with Crippen molar-refractivity contribution in [2.75, 3.05) is 19.0 Å². The van der Waals surface area contributed by atoms with Crippen molar-refractivity contribution >= 4 is 11.0 Å². The van der Waals surface area contributed by atoms with Gasteiger partial charge in [0, 0.05) is 12.7 Å². The third kappa shape index (κ3) is 3.32. The largest absolute Gasteiger partial charge is 0.324 e. The van der Waals surface area contributed by atoms with E-state index in [2.05, 4.69) is 66.2 Å². The number of piperidine rings is 1. The summed E-state index contributed by atoms with van der Waals surface area (Å²) in [5.74, 6) is 1.12. The lowest BCUT2D eigenvalue weighted by atomic mass is 9.92. The maximum Gasteiger partial charge on any atom is 0.145 e. The Bertz CT molecular complexity index is 916. The molecule has 0 amide bonds. The smallest absolute Gasteiger partial charge is 0.145 e. The first kappa shape index (κ1) is 18.0. The number of rotatable bonds is 5. The number of benzene rings is 1. The zero-order valence-corrected chi connectivity index (χ0v) is 16.5. The van der Waals surface area contributed by atoms with Gasteiger partial charge in [-0.15, -0.1) is 0 Å². The lowest BCUT2D eigenvalue weighted by molar-refractivity contribution is 0.104. The average Bonchev–Trinajstić information content (AvgIpc) is 3.05. The van der Waals surface area contributed by atoms with E-state index in [1.54, 1.807) is 0 Å². The predicted octanol–water partition coefficient (Wildman–Crippen LogP) is 4.59. The lowest BCUT2D eigenvalue weighted by Crippen LogP contribution is -2.36. The fourth-order valence-corrected chi connectivity index (χ4v) is 4.27. The molecule has 1 fully saturated rings. The number of para-hydroxylation sites is 2. The van der Waals surface area contributed by atoms with Gasteiger partial charge in [-0.2, -0.15) is 0 Å². The van der Waals surface area contributed by atoms with Crippen molar-refractivity contribution in [3.8, 4) is 0 Å². The third-order valence-electron chi connectivity index (χ3n) is 5.71. The van der Waals surface area contributed by atoms with E-state index in [9.17, 15) is 0 Å². The number of imidazole rings is 1. The van der Waals surface area contributed by atoms with Crippen molar-refractivity contribution in [3.63, 3.8) is 0 Å². The lowest BCUT2D eigenvalue weighted by Gasteiger charge is -2.39. The van der Waals surface area contributed by atoms with Crippen LogP contribution >= 0.6 is 0 Å². The van der Waals surface area contributed by atoms with E-state index < -0.39 is 0 Å². The zero-order chi connectivity index (χ0) is 18.8. The van der Waals surface area contributed by atoms with Crippen LogP contribution in [0, 0.1) is 6.92 Å². The monoisotopic (exact) mass is 363 g/mol. The molecule has 0 spiro atoms. The first-order valence-electron chi connectivity index (χ1n) is 10.1. The highest BCUT2D eigenvalue weighted by molar-refractivity contribution is 5.76. The molecule has 5 nitrogen and oxygen atoms in total. The van der Waals surface area contributed by atoms with Crippen LogP contribution in [0.3, 0.4) is 0 Å². The molecular formula is C22H29N5. The minimum atomic E-state index is 0.280.